The van der Waals surface area contributed by atoms with Crippen LogP contribution in [0.5, 0.6) is 11.5 Å². The monoisotopic (exact) mass is 363 g/mol. The number of para-hydroxylation sites is 1. The Morgan fingerprint density at radius 2 is 1.74 bits per heavy atom. The summed E-state index contributed by atoms with van der Waals surface area (Å²) in [7, 11) is 3.31. The number of aldehydes is 1. The summed E-state index contributed by atoms with van der Waals surface area (Å²) in [6, 6.07) is 18.7. The van der Waals surface area contributed by atoms with Crippen molar-refractivity contribution in [1.82, 2.24) is 4.90 Å². The number of fused-ring (bicyclic) bond motifs is 1. The van der Waals surface area contributed by atoms with Gasteiger partial charge in [-0.1, -0.05) is 48.5 Å². The molecule has 0 aromatic heterocycles. The van der Waals surface area contributed by atoms with Crippen molar-refractivity contribution in [2.45, 2.75) is 6.54 Å². The number of amides is 1. The number of benzene rings is 3. The van der Waals surface area contributed by atoms with Crippen molar-refractivity contribution in [2.75, 3.05) is 20.8 Å². The van der Waals surface area contributed by atoms with Crippen LogP contribution < -0.4 is 9.47 Å². The number of carbonyl (C=O) groups excluding carboxylic acids is 2. The Kier molecular flexibility index (Phi) is 5.71. The van der Waals surface area contributed by atoms with Crippen LogP contribution in [0.2, 0.25) is 0 Å². The third kappa shape index (κ3) is 4.08. The molecule has 0 N–H and O–H groups in total. The molecule has 27 heavy (non-hydrogen) atoms. The van der Waals surface area contributed by atoms with Crippen molar-refractivity contribution in [1.29, 1.82) is 0 Å². The fourth-order valence-electron chi connectivity index (χ4n) is 2.95. The van der Waals surface area contributed by atoms with Gasteiger partial charge in [0.15, 0.2) is 12.9 Å². The average molecular weight is 363 g/mol. The number of hydrogen-bond acceptors (Lipinski definition) is 4. The number of rotatable bonds is 7. The molecular formula is C22H21NO4. The predicted octanol–water partition coefficient (Wildman–Crippen LogP) is 3.70. The molecular weight excluding hydrogens is 342 g/mol. The van der Waals surface area contributed by atoms with Gasteiger partial charge < -0.3 is 14.4 Å². The second-order valence-corrected chi connectivity index (χ2v) is 6.17. The second kappa shape index (κ2) is 8.36. The molecule has 0 radical (unpaired) electrons. The van der Waals surface area contributed by atoms with E-state index in [1.165, 1.54) is 0 Å². The molecule has 3 aromatic carbocycles. The van der Waals surface area contributed by atoms with E-state index >= 15 is 0 Å². The maximum Gasteiger partial charge on any atom is 0.260 e. The summed E-state index contributed by atoms with van der Waals surface area (Å²) >= 11 is 0. The molecule has 0 saturated heterocycles. The van der Waals surface area contributed by atoms with Gasteiger partial charge in [-0.15, -0.1) is 0 Å². The van der Waals surface area contributed by atoms with Crippen molar-refractivity contribution >= 4 is 23.0 Å². The van der Waals surface area contributed by atoms with Gasteiger partial charge in [0.1, 0.15) is 11.5 Å². The highest BCUT2D eigenvalue weighted by atomic mass is 16.5. The average Bonchev–Trinajstić information content (AvgIpc) is 2.71. The molecule has 5 heteroatoms. The van der Waals surface area contributed by atoms with Crippen LogP contribution >= 0.6 is 0 Å². The Bertz CT molecular complexity index is 967. The smallest absolute Gasteiger partial charge is 0.260 e. The number of hydrogen-bond donors (Lipinski definition) is 0. The Labute approximate surface area is 158 Å². The zero-order valence-corrected chi connectivity index (χ0v) is 15.3. The summed E-state index contributed by atoms with van der Waals surface area (Å²) in [4.78, 5) is 25.6. The van der Waals surface area contributed by atoms with Crippen molar-refractivity contribution in [2.24, 2.45) is 0 Å². The van der Waals surface area contributed by atoms with Gasteiger partial charge in [0.25, 0.3) is 5.91 Å². The van der Waals surface area contributed by atoms with Gasteiger partial charge in [-0.3, -0.25) is 9.59 Å². The van der Waals surface area contributed by atoms with Crippen LogP contribution in [0.3, 0.4) is 0 Å². The van der Waals surface area contributed by atoms with E-state index < -0.39 is 0 Å². The van der Waals surface area contributed by atoms with E-state index in [0.29, 0.717) is 17.9 Å². The lowest BCUT2D eigenvalue weighted by atomic mass is 10.0. The van der Waals surface area contributed by atoms with Crippen LogP contribution in [0.4, 0.5) is 0 Å². The molecule has 0 aliphatic carbocycles. The SMILES string of the molecule is COc1ccccc1CN(C)C(=O)COc1ccc2ccccc2c1C=O. The Morgan fingerprint density at radius 1 is 1.00 bits per heavy atom. The third-order valence-electron chi connectivity index (χ3n) is 4.43. The largest absolute Gasteiger partial charge is 0.496 e. The van der Waals surface area contributed by atoms with E-state index in [-0.39, 0.29) is 12.5 Å². The van der Waals surface area contributed by atoms with Crippen molar-refractivity contribution in [3.05, 3.63) is 71.8 Å². The van der Waals surface area contributed by atoms with Gasteiger partial charge in [-0.2, -0.15) is 0 Å². The molecule has 5 nitrogen and oxygen atoms in total. The molecule has 1 amide bonds. The lowest BCUT2D eigenvalue weighted by molar-refractivity contribution is -0.132. The van der Waals surface area contributed by atoms with Crippen molar-refractivity contribution in [3.63, 3.8) is 0 Å². The topological polar surface area (TPSA) is 55.8 Å². The third-order valence-corrected chi connectivity index (χ3v) is 4.43. The first kappa shape index (κ1) is 18.5. The zero-order chi connectivity index (χ0) is 19.2. The van der Waals surface area contributed by atoms with Gasteiger partial charge in [-0.05, 0) is 22.9 Å². The summed E-state index contributed by atoms with van der Waals surface area (Å²) in [6.45, 7) is 0.259. The van der Waals surface area contributed by atoms with Gasteiger partial charge >= 0.3 is 0 Å². The van der Waals surface area contributed by atoms with Gasteiger partial charge in [-0.25, -0.2) is 0 Å². The summed E-state index contributed by atoms with van der Waals surface area (Å²) in [5, 5.41) is 1.76. The minimum atomic E-state index is -0.189. The van der Waals surface area contributed by atoms with E-state index in [4.69, 9.17) is 9.47 Å². The molecule has 0 bridgehead atoms. The first-order valence-corrected chi connectivity index (χ1v) is 8.59. The lowest BCUT2D eigenvalue weighted by Crippen LogP contribution is -2.31. The van der Waals surface area contributed by atoms with Crippen LogP contribution in [0.25, 0.3) is 10.8 Å². The molecule has 0 saturated carbocycles. The fourth-order valence-corrected chi connectivity index (χ4v) is 2.95. The van der Waals surface area contributed by atoms with Crippen LogP contribution in [0, 0.1) is 0 Å². The predicted molar refractivity (Wildman–Crippen MR) is 104 cm³/mol. The molecule has 0 aliphatic heterocycles. The van der Waals surface area contributed by atoms with Gasteiger partial charge in [0, 0.05) is 19.2 Å². The van der Waals surface area contributed by atoms with E-state index in [0.717, 1.165) is 28.4 Å². The number of ether oxygens (including phenoxy) is 2. The molecule has 0 heterocycles. The molecule has 0 spiro atoms. The van der Waals surface area contributed by atoms with Crippen molar-refractivity contribution < 1.29 is 19.1 Å². The maximum absolute atomic E-state index is 12.5. The van der Waals surface area contributed by atoms with Crippen molar-refractivity contribution in [3.8, 4) is 11.5 Å². The summed E-state index contributed by atoms with van der Waals surface area (Å²) in [6.07, 6.45) is 0.765. The minimum absolute atomic E-state index is 0.148. The van der Waals surface area contributed by atoms with E-state index in [9.17, 15) is 9.59 Å². The molecule has 3 aromatic rings. The first-order chi connectivity index (χ1) is 13.1. The standard InChI is InChI=1S/C22H21NO4/c1-23(13-17-8-4-6-10-20(17)26-2)22(25)15-27-21-12-11-16-7-3-5-9-18(16)19(21)14-24/h3-12,14H,13,15H2,1-2H3. The highest BCUT2D eigenvalue weighted by molar-refractivity contribution is 6.00. The fraction of sp³-hybridized carbons (Fsp3) is 0.182. The van der Waals surface area contributed by atoms with Gasteiger partial charge in [0.05, 0.1) is 12.7 Å². The van der Waals surface area contributed by atoms with E-state index in [1.807, 2.05) is 54.6 Å². The molecule has 0 atom stereocenters. The van der Waals surface area contributed by atoms with Crippen LogP contribution in [0.15, 0.2) is 60.7 Å². The summed E-state index contributed by atoms with van der Waals surface area (Å²) in [5.74, 6) is 0.949. The first-order valence-electron chi connectivity index (χ1n) is 8.59. The van der Waals surface area contributed by atoms with Crippen LogP contribution in [-0.4, -0.2) is 37.9 Å². The highest BCUT2D eigenvalue weighted by Gasteiger charge is 2.14. The summed E-state index contributed by atoms with van der Waals surface area (Å²) < 4.78 is 11.0. The Hall–Kier alpha value is -3.34. The molecule has 138 valence electrons. The number of methoxy groups -OCH3 is 1. The molecule has 0 fully saturated rings. The normalized spacial score (nSPS) is 10.4. The maximum atomic E-state index is 12.5. The Morgan fingerprint density at radius 3 is 2.52 bits per heavy atom. The van der Waals surface area contributed by atoms with E-state index in [1.54, 1.807) is 25.1 Å². The molecule has 0 aliphatic rings. The number of nitrogens with zero attached hydrogens (tertiary/aromatic N) is 1. The Balaban J connectivity index is 1.70. The molecule has 3 rings (SSSR count). The molecule has 0 unspecified atom stereocenters. The van der Waals surface area contributed by atoms with Crippen LogP contribution in [-0.2, 0) is 11.3 Å². The quantitative estimate of drug-likeness (QED) is 0.601. The zero-order valence-electron chi connectivity index (χ0n) is 15.3. The minimum Gasteiger partial charge on any atom is -0.496 e. The number of carbonyl (C=O) groups is 2. The van der Waals surface area contributed by atoms with E-state index in [2.05, 4.69) is 0 Å². The van der Waals surface area contributed by atoms with Gasteiger partial charge in [0.2, 0.25) is 0 Å². The second-order valence-electron chi connectivity index (χ2n) is 6.17. The number of likely N-dealkylation sites (N-methyl/N-ethyl adjacent to an activating group) is 1. The highest BCUT2D eigenvalue weighted by Crippen LogP contribution is 2.26. The lowest BCUT2D eigenvalue weighted by Gasteiger charge is -2.19. The summed E-state index contributed by atoms with van der Waals surface area (Å²) in [5.41, 5.74) is 1.36. The van der Waals surface area contributed by atoms with Crippen LogP contribution in [0.1, 0.15) is 15.9 Å².